The van der Waals surface area contributed by atoms with E-state index < -0.39 is 0 Å². The molecule has 0 radical (unpaired) electrons. The maximum absolute atomic E-state index is 13.2. The fraction of sp³-hybridized carbons (Fsp3) is 0. The van der Waals surface area contributed by atoms with Crippen LogP contribution >= 0.6 is 15.9 Å². The summed E-state index contributed by atoms with van der Waals surface area (Å²) in [4.78, 5) is 0. The average molecular weight is 306 g/mol. The summed E-state index contributed by atoms with van der Waals surface area (Å²) in [7, 11) is 0. The molecule has 90 valence electrons. The van der Waals surface area contributed by atoms with Crippen molar-refractivity contribution >= 4 is 33.0 Å². The van der Waals surface area contributed by atoms with E-state index in [1.807, 2.05) is 6.07 Å². The Kier molecular flexibility index (Phi) is 3.49. The molecule has 0 saturated carbocycles. The van der Waals surface area contributed by atoms with Crippen molar-refractivity contribution in [2.45, 2.75) is 0 Å². The molecule has 0 bridgehead atoms. The number of halogens is 2. The lowest BCUT2D eigenvalue weighted by Gasteiger charge is -2.10. The number of rotatable bonds is 2. The summed E-state index contributed by atoms with van der Waals surface area (Å²) in [6, 6.07) is 11.3. The third-order valence-electron chi connectivity index (χ3n) is 2.36. The Hall–Kier alpha value is -2.06. The summed E-state index contributed by atoms with van der Waals surface area (Å²) in [6.07, 6.45) is 0. The fourth-order valence-electron chi connectivity index (χ4n) is 1.50. The highest BCUT2D eigenvalue weighted by molar-refractivity contribution is 9.10. The van der Waals surface area contributed by atoms with Gasteiger partial charge in [-0.05, 0) is 52.3 Å². The van der Waals surface area contributed by atoms with Crippen LogP contribution in [0.25, 0.3) is 0 Å². The van der Waals surface area contributed by atoms with Crippen molar-refractivity contribution in [3.8, 4) is 6.07 Å². The standard InChI is InChI=1S/C13H9BrFN3/c14-11-3-1-9(15)6-13(11)18-12-4-2-10(17)5-8(12)7-16/h1-6,18H,17H2. The predicted molar refractivity (Wildman–Crippen MR) is 73.0 cm³/mol. The zero-order valence-corrected chi connectivity index (χ0v) is 10.8. The lowest BCUT2D eigenvalue weighted by atomic mass is 10.1. The molecule has 0 saturated heterocycles. The number of nitrogens with two attached hydrogens (primary N) is 1. The molecule has 0 aliphatic heterocycles. The molecular weight excluding hydrogens is 297 g/mol. The zero-order valence-electron chi connectivity index (χ0n) is 9.24. The van der Waals surface area contributed by atoms with Crippen molar-refractivity contribution < 1.29 is 4.39 Å². The van der Waals surface area contributed by atoms with Gasteiger partial charge in [0.15, 0.2) is 0 Å². The minimum atomic E-state index is -0.352. The Bertz CT molecular complexity index is 635. The summed E-state index contributed by atoms with van der Waals surface area (Å²) >= 11 is 3.31. The quantitative estimate of drug-likeness (QED) is 0.830. The van der Waals surface area contributed by atoms with Gasteiger partial charge in [0.25, 0.3) is 0 Å². The van der Waals surface area contributed by atoms with Crippen molar-refractivity contribution in [2.24, 2.45) is 0 Å². The van der Waals surface area contributed by atoms with Crippen LogP contribution in [0.4, 0.5) is 21.5 Å². The Morgan fingerprint density at radius 1 is 1.17 bits per heavy atom. The molecule has 3 nitrogen and oxygen atoms in total. The molecule has 0 amide bonds. The molecule has 2 aromatic rings. The van der Waals surface area contributed by atoms with Crippen LogP contribution in [-0.4, -0.2) is 0 Å². The van der Waals surface area contributed by atoms with Crippen LogP contribution in [0.1, 0.15) is 5.56 Å². The van der Waals surface area contributed by atoms with Crippen molar-refractivity contribution in [3.63, 3.8) is 0 Å². The second-order valence-corrected chi connectivity index (χ2v) is 4.52. The summed E-state index contributed by atoms with van der Waals surface area (Å²) in [5.74, 6) is -0.352. The second-order valence-electron chi connectivity index (χ2n) is 3.67. The first-order valence-corrected chi connectivity index (χ1v) is 5.91. The SMILES string of the molecule is N#Cc1cc(N)ccc1Nc1cc(F)ccc1Br. The summed E-state index contributed by atoms with van der Waals surface area (Å²) in [5.41, 5.74) is 7.65. The van der Waals surface area contributed by atoms with E-state index in [2.05, 4.69) is 21.2 Å². The van der Waals surface area contributed by atoms with Gasteiger partial charge in [0.1, 0.15) is 11.9 Å². The van der Waals surface area contributed by atoms with Gasteiger partial charge >= 0.3 is 0 Å². The Balaban J connectivity index is 2.40. The number of nitrogen functional groups attached to an aromatic ring is 1. The van der Waals surface area contributed by atoms with Crippen LogP contribution in [0.3, 0.4) is 0 Å². The summed E-state index contributed by atoms with van der Waals surface area (Å²) in [6.45, 7) is 0. The van der Waals surface area contributed by atoms with Crippen molar-refractivity contribution in [2.75, 3.05) is 11.1 Å². The molecule has 0 aliphatic rings. The van der Waals surface area contributed by atoms with E-state index in [0.717, 1.165) is 0 Å². The van der Waals surface area contributed by atoms with Crippen LogP contribution in [0, 0.1) is 17.1 Å². The van der Waals surface area contributed by atoms with Crippen molar-refractivity contribution in [1.82, 2.24) is 0 Å². The Morgan fingerprint density at radius 3 is 2.67 bits per heavy atom. The molecule has 0 aromatic heterocycles. The maximum Gasteiger partial charge on any atom is 0.125 e. The third-order valence-corrected chi connectivity index (χ3v) is 3.05. The first-order chi connectivity index (χ1) is 8.60. The van der Waals surface area contributed by atoms with E-state index >= 15 is 0 Å². The molecule has 2 rings (SSSR count). The lowest BCUT2D eigenvalue weighted by molar-refractivity contribution is 0.628. The highest BCUT2D eigenvalue weighted by atomic mass is 79.9. The van der Waals surface area contributed by atoms with Crippen LogP contribution in [0.15, 0.2) is 40.9 Å². The monoisotopic (exact) mass is 305 g/mol. The van der Waals surface area contributed by atoms with E-state index in [1.54, 1.807) is 24.3 Å². The molecule has 3 N–H and O–H groups in total. The van der Waals surface area contributed by atoms with Gasteiger partial charge < -0.3 is 11.1 Å². The zero-order chi connectivity index (χ0) is 13.1. The van der Waals surface area contributed by atoms with Crippen LogP contribution in [0.5, 0.6) is 0 Å². The van der Waals surface area contributed by atoms with Crippen LogP contribution in [0.2, 0.25) is 0 Å². The van der Waals surface area contributed by atoms with E-state index in [-0.39, 0.29) is 5.82 Å². The topological polar surface area (TPSA) is 61.8 Å². The first-order valence-electron chi connectivity index (χ1n) is 5.12. The molecule has 0 atom stereocenters. The molecule has 2 aromatic carbocycles. The highest BCUT2D eigenvalue weighted by Crippen LogP contribution is 2.28. The number of hydrogen-bond donors (Lipinski definition) is 2. The molecule has 0 spiro atoms. The molecule has 5 heteroatoms. The molecule has 18 heavy (non-hydrogen) atoms. The van der Waals surface area contributed by atoms with E-state index in [0.29, 0.717) is 27.1 Å². The Morgan fingerprint density at radius 2 is 1.94 bits per heavy atom. The Labute approximate surface area is 112 Å². The van der Waals surface area contributed by atoms with Gasteiger partial charge in [-0.3, -0.25) is 0 Å². The normalized spacial score (nSPS) is 9.83. The van der Waals surface area contributed by atoms with Gasteiger partial charge in [0.2, 0.25) is 0 Å². The van der Waals surface area contributed by atoms with E-state index in [1.165, 1.54) is 12.1 Å². The maximum atomic E-state index is 13.2. The van der Waals surface area contributed by atoms with Gasteiger partial charge in [0.05, 0.1) is 16.9 Å². The summed E-state index contributed by atoms with van der Waals surface area (Å²) < 4.78 is 13.9. The number of nitrogens with zero attached hydrogens (tertiary/aromatic N) is 1. The van der Waals surface area contributed by atoms with E-state index in [4.69, 9.17) is 11.0 Å². The lowest BCUT2D eigenvalue weighted by Crippen LogP contribution is -1.96. The molecular formula is C13H9BrFN3. The van der Waals surface area contributed by atoms with Gasteiger partial charge in [0, 0.05) is 10.2 Å². The average Bonchev–Trinajstić information content (AvgIpc) is 2.36. The number of anilines is 3. The minimum absolute atomic E-state index is 0.352. The van der Waals surface area contributed by atoms with Crippen molar-refractivity contribution in [3.05, 3.63) is 52.3 Å². The van der Waals surface area contributed by atoms with Crippen LogP contribution in [-0.2, 0) is 0 Å². The molecule has 0 heterocycles. The molecule has 0 fully saturated rings. The van der Waals surface area contributed by atoms with Gasteiger partial charge in [-0.15, -0.1) is 0 Å². The molecule has 0 unspecified atom stereocenters. The number of benzene rings is 2. The predicted octanol–water partition coefficient (Wildman–Crippen LogP) is 3.79. The highest BCUT2D eigenvalue weighted by Gasteiger charge is 2.06. The minimum Gasteiger partial charge on any atom is -0.399 e. The number of nitriles is 1. The van der Waals surface area contributed by atoms with Gasteiger partial charge in [-0.1, -0.05) is 0 Å². The first kappa shape index (κ1) is 12.4. The van der Waals surface area contributed by atoms with E-state index in [9.17, 15) is 4.39 Å². The van der Waals surface area contributed by atoms with Crippen LogP contribution < -0.4 is 11.1 Å². The van der Waals surface area contributed by atoms with Gasteiger partial charge in [-0.2, -0.15) is 5.26 Å². The third kappa shape index (κ3) is 2.60. The summed E-state index contributed by atoms with van der Waals surface area (Å²) in [5, 5.41) is 12.0. The number of hydrogen-bond acceptors (Lipinski definition) is 3. The largest absolute Gasteiger partial charge is 0.399 e. The smallest absolute Gasteiger partial charge is 0.125 e. The van der Waals surface area contributed by atoms with Gasteiger partial charge in [-0.25, -0.2) is 4.39 Å². The molecule has 0 aliphatic carbocycles. The number of nitrogens with one attached hydrogen (secondary N) is 1. The fourth-order valence-corrected chi connectivity index (χ4v) is 1.85. The second kappa shape index (κ2) is 5.07. The van der Waals surface area contributed by atoms with Crippen molar-refractivity contribution in [1.29, 1.82) is 5.26 Å².